The molecule has 1 N–H and O–H groups in total. The van der Waals surface area contributed by atoms with Crippen molar-refractivity contribution in [3.05, 3.63) is 46.2 Å². The standard InChI is InChI=1S/C22H28N2O6S2/c1-16(21(25)23-15-18-8-7-13-31-18)30-22(26)17-9-10-19(29-2)20(14-17)32(27,28)24-11-5-3-4-6-12-24/h7-10,13-14,16H,3-6,11-12,15H2,1-2H3,(H,23,25). The molecule has 1 aliphatic rings. The lowest BCUT2D eigenvalue weighted by atomic mass is 10.2. The van der Waals surface area contributed by atoms with Crippen molar-refractivity contribution < 1.29 is 27.5 Å². The van der Waals surface area contributed by atoms with Gasteiger partial charge in [0.15, 0.2) is 6.10 Å². The molecule has 10 heteroatoms. The number of nitrogens with zero attached hydrogens (tertiary/aromatic N) is 1. The van der Waals surface area contributed by atoms with Crippen LogP contribution in [0.25, 0.3) is 0 Å². The van der Waals surface area contributed by atoms with Crippen molar-refractivity contribution in [2.45, 2.75) is 50.2 Å². The third-order valence-electron chi connectivity index (χ3n) is 5.25. The number of sulfonamides is 1. The molecular weight excluding hydrogens is 452 g/mol. The van der Waals surface area contributed by atoms with Gasteiger partial charge in [-0.15, -0.1) is 11.3 Å². The highest BCUT2D eigenvalue weighted by molar-refractivity contribution is 7.89. The number of hydrogen-bond acceptors (Lipinski definition) is 7. The predicted octanol–water partition coefficient (Wildman–Crippen LogP) is 3.18. The maximum atomic E-state index is 13.3. The van der Waals surface area contributed by atoms with Crippen LogP contribution in [-0.2, 0) is 26.1 Å². The number of carbonyl (C=O) groups excluding carboxylic acids is 2. The molecule has 174 valence electrons. The minimum atomic E-state index is -3.84. The van der Waals surface area contributed by atoms with Gasteiger partial charge in [0.1, 0.15) is 10.6 Å². The van der Waals surface area contributed by atoms with E-state index in [0.29, 0.717) is 19.6 Å². The highest BCUT2D eigenvalue weighted by Crippen LogP contribution is 2.29. The van der Waals surface area contributed by atoms with E-state index in [2.05, 4.69) is 5.32 Å². The van der Waals surface area contributed by atoms with Gasteiger partial charge in [-0.3, -0.25) is 4.79 Å². The van der Waals surface area contributed by atoms with Crippen LogP contribution in [0, 0.1) is 0 Å². The molecule has 1 saturated heterocycles. The molecule has 0 spiro atoms. The van der Waals surface area contributed by atoms with Crippen molar-refractivity contribution in [3.8, 4) is 5.75 Å². The van der Waals surface area contributed by atoms with E-state index in [1.54, 1.807) is 0 Å². The summed E-state index contributed by atoms with van der Waals surface area (Å²) in [5.41, 5.74) is 0.0390. The monoisotopic (exact) mass is 480 g/mol. The molecule has 0 radical (unpaired) electrons. The first kappa shape index (κ1) is 24.2. The van der Waals surface area contributed by atoms with E-state index in [9.17, 15) is 18.0 Å². The SMILES string of the molecule is COc1ccc(C(=O)OC(C)C(=O)NCc2cccs2)cc1S(=O)(=O)N1CCCCCC1. The van der Waals surface area contributed by atoms with Crippen LogP contribution >= 0.6 is 11.3 Å². The molecule has 1 aliphatic heterocycles. The Morgan fingerprint density at radius 3 is 2.50 bits per heavy atom. The number of benzene rings is 1. The van der Waals surface area contributed by atoms with Gasteiger partial charge in [0.2, 0.25) is 10.0 Å². The molecule has 0 aliphatic carbocycles. The van der Waals surface area contributed by atoms with Gasteiger partial charge < -0.3 is 14.8 Å². The van der Waals surface area contributed by atoms with E-state index in [1.807, 2.05) is 17.5 Å². The van der Waals surface area contributed by atoms with E-state index in [-0.39, 0.29) is 16.2 Å². The summed E-state index contributed by atoms with van der Waals surface area (Å²) < 4.78 is 38.5. The lowest BCUT2D eigenvalue weighted by Gasteiger charge is -2.21. The molecule has 32 heavy (non-hydrogen) atoms. The normalized spacial score (nSPS) is 16.1. The number of amides is 1. The summed E-state index contributed by atoms with van der Waals surface area (Å²) >= 11 is 1.51. The first-order valence-electron chi connectivity index (χ1n) is 10.5. The van der Waals surface area contributed by atoms with Crippen molar-refractivity contribution >= 4 is 33.2 Å². The van der Waals surface area contributed by atoms with Gasteiger partial charge in [-0.1, -0.05) is 18.9 Å². The first-order chi connectivity index (χ1) is 15.3. The van der Waals surface area contributed by atoms with Crippen LogP contribution in [0.15, 0.2) is 40.6 Å². The van der Waals surface area contributed by atoms with Crippen molar-refractivity contribution in [3.63, 3.8) is 0 Å². The minimum absolute atomic E-state index is 0.0390. The Morgan fingerprint density at radius 2 is 1.88 bits per heavy atom. The second-order valence-corrected chi connectivity index (χ2v) is 10.5. The number of ether oxygens (including phenoxy) is 2. The van der Waals surface area contributed by atoms with Crippen LogP contribution in [0.5, 0.6) is 5.75 Å². The van der Waals surface area contributed by atoms with Crippen molar-refractivity contribution in [1.82, 2.24) is 9.62 Å². The highest BCUT2D eigenvalue weighted by Gasteiger charge is 2.30. The van der Waals surface area contributed by atoms with E-state index in [0.717, 1.165) is 30.6 Å². The number of nitrogens with one attached hydrogen (secondary N) is 1. The molecule has 0 saturated carbocycles. The van der Waals surface area contributed by atoms with Crippen LogP contribution < -0.4 is 10.1 Å². The Kier molecular flexibility index (Phi) is 8.27. The third-order valence-corrected chi connectivity index (χ3v) is 8.05. The van der Waals surface area contributed by atoms with Gasteiger partial charge >= 0.3 is 5.97 Å². The molecule has 1 aromatic carbocycles. The van der Waals surface area contributed by atoms with Crippen LogP contribution in [-0.4, -0.2) is 50.9 Å². The lowest BCUT2D eigenvalue weighted by Crippen LogP contribution is -2.35. The van der Waals surface area contributed by atoms with E-state index in [1.165, 1.54) is 47.9 Å². The van der Waals surface area contributed by atoms with Crippen molar-refractivity contribution in [1.29, 1.82) is 0 Å². The minimum Gasteiger partial charge on any atom is -0.495 e. The summed E-state index contributed by atoms with van der Waals surface area (Å²) in [7, 11) is -2.46. The smallest absolute Gasteiger partial charge is 0.338 e. The number of esters is 1. The Balaban J connectivity index is 1.73. The Morgan fingerprint density at radius 1 is 1.16 bits per heavy atom. The quantitative estimate of drug-likeness (QED) is 0.582. The Bertz CT molecular complexity index is 1030. The molecular formula is C22H28N2O6S2. The van der Waals surface area contributed by atoms with Gasteiger partial charge in [-0.2, -0.15) is 4.31 Å². The topological polar surface area (TPSA) is 102 Å². The van der Waals surface area contributed by atoms with Gasteiger partial charge in [-0.05, 0) is 49.4 Å². The summed E-state index contributed by atoms with van der Waals surface area (Å²) in [5.74, 6) is -1.05. The zero-order valence-electron chi connectivity index (χ0n) is 18.2. The second-order valence-electron chi connectivity index (χ2n) is 7.53. The molecule has 1 unspecified atom stereocenters. The molecule has 2 aromatic rings. The van der Waals surface area contributed by atoms with Crippen LogP contribution in [0.3, 0.4) is 0 Å². The van der Waals surface area contributed by atoms with Crippen molar-refractivity contribution in [2.24, 2.45) is 0 Å². The van der Waals surface area contributed by atoms with E-state index >= 15 is 0 Å². The Hall–Kier alpha value is -2.43. The van der Waals surface area contributed by atoms with Gasteiger partial charge in [0, 0.05) is 18.0 Å². The predicted molar refractivity (Wildman–Crippen MR) is 121 cm³/mol. The summed E-state index contributed by atoms with van der Waals surface area (Å²) in [6, 6.07) is 7.90. The molecule has 1 atom stereocenters. The van der Waals surface area contributed by atoms with Gasteiger partial charge in [0.25, 0.3) is 5.91 Å². The number of rotatable bonds is 8. The average Bonchev–Trinajstić information content (AvgIpc) is 3.15. The maximum absolute atomic E-state index is 13.3. The van der Waals surface area contributed by atoms with E-state index in [4.69, 9.17) is 9.47 Å². The van der Waals surface area contributed by atoms with Crippen LogP contribution in [0.2, 0.25) is 0 Å². The summed E-state index contributed by atoms with van der Waals surface area (Å²) in [5, 5.41) is 4.62. The molecule has 1 amide bonds. The first-order valence-corrected chi connectivity index (χ1v) is 12.8. The number of methoxy groups -OCH3 is 1. The average molecular weight is 481 g/mol. The summed E-state index contributed by atoms with van der Waals surface area (Å²) in [6.45, 7) is 2.68. The molecule has 0 bridgehead atoms. The van der Waals surface area contributed by atoms with Crippen LogP contribution in [0.1, 0.15) is 47.8 Å². The maximum Gasteiger partial charge on any atom is 0.338 e. The summed E-state index contributed by atoms with van der Waals surface area (Å²) in [4.78, 5) is 25.8. The molecule has 3 rings (SSSR count). The lowest BCUT2D eigenvalue weighted by molar-refractivity contribution is -0.129. The second kappa shape index (κ2) is 10.9. The largest absolute Gasteiger partial charge is 0.495 e. The number of hydrogen-bond donors (Lipinski definition) is 1. The summed E-state index contributed by atoms with van der Waals surface area (Å²) in [6.07, 6.45) is 2.53. The fourth-order valence-corrected chi connectivity index (χ4v) is 5.78. The van der Waals surface area contributed by atoms with Crippen molar-refractivity contribution in [2.75, 3.05) is 20.2 Å². The zero-order valence-corrected chi connectivity index (χ0v) is 19.8. The molecule has 1 fully saturated rings. The zero-order chi connectivity index (χ0) is 23.1. The Labute approximate surface area is 192 Å². The fourth-order valence-electron chi connectivity index (χ4n) is 3.44. The molecule has 8 nitrogen and oxygen atoms in total. The van der Waals surface area contributed by atoms with Crippen LogP contribution in [0.4, 0.5) is 0 Å². The molecule has 1 aromatic heterocycles. The fraction of sp³-hybridized carbons (Fsp3) is 0.455. The number of carbonyl (C=O) groups is 2. The van der Waals surface area contributed by atoms with Gasteiger partial charge in [0.05, 0.1) is 19.2 Å². The number of thiophene rings is 1. The highest BCUT2D eigenvalue weighted by atomic mass is 32.2. The van der Waals surface area contributed by atoms with E-state index < -0.39 is 28.0 Å². The van der Waals surface area contributed by atoms with Gasteiger partial charge in [-0.25, -0.2) is 13.2 Å². The third kappa shape index (κ3) is 5.87. The molecule has 2 heterocycles.